The highest BCUT2D eigenvalue weighted by Crippen LogP contribution is 2.30. The van der Waals surface area contributed by atoms with E-state index in [4.69, 9.17) is 4.74 Å². The van der Waals surface area contributed by atoms with E-state index in [0.717, 1.165) is 31.2 Å². The van der Waals surface area contributed by atoms with Gasteiger partial charge >= 0.3 is 5.97 Å². The van der Waals surface area contributed by atoms with Crippen molar-refractivity contribution < 1.29 is 19.4 Å². The van der Waals surface area contributed by atoms with Crippen LogP contribution in [0.3, 0.4) is 0 Å². The molecular formula is C18H19NO4S. The first-order chi connectivity index (χ1) is 11.6. The summed E-state index contributed by atoms with van der Waals surface area (Å²) in [5.41, 5.74) is 2.22. The van der Waals surface area contributed by atoms with Crippen LogP contribution in [0.5, 0.6) is 5.75 Å². The van der Waals surface area contributed by atoms with E-state index in [0.29, 0.717) is 16.9 Å². The standard InChI is InChI=1S/C18H19NO4S/c1-23-12-8-6-11(7-9-12)16(18(21)22)19-17(20)14-10-24-15-5-3-2-4-13(14)15/h6-10,16H,2-5H2,1H3,(H,19,20)(H,21,22). The fraction of sp³-hybridized carbons (Fsp3) is 0.333. The van der Waals surface area contributed by atoms with Crippen LogP contribution in [0.2, 0.25) is 0 Å². The van der Waals surface area contributed by atoms with E-state index in [-0.39, 0.29) is 5.91 Å². The van der Waals surface area contributed by atoms with E-state index in [1.807, 2.05) is 5.38 Å². The Morgan fingerprint density at radius 1 is 1.21 bits per heavy atom. The maximum absolute atomic E-state index is 12.6. The van der Waals surface area contributed by atoms with E-state index < -0.39 is 12.0 Å². The van der Waals surface area contributed by atoms with Crippen LogP contribution < -0.4 is 10.1 Å². The van der Waals surface area contributed by atoms with Crippen LogP contribution >= 0.6 is 11.3 Å². The molecule has 1 unspecified atom stereocenters. The fourth-order valence-corrected chi connectivity index (χ4v) is 4.10. The minimum Gasteiger partial charge on any atom is -0.497 e. The van der Waals surface area contributed by atoms with Crippen LogP contribution in [-0.4, -0.2) is 24.1 Å². The number of nitrogens with one attached hydrogen (secondary N) is 1. The monoisotopic (exact) mass is 345 g/mol. The Labute approximate surface area is 144 Å². The lowest BCUT2D eigenvalue weighted by molar-refractivity contribution is -0.139. The summed E-state index contributed by atoms with van der Waals surface area (Å²) in [4.78, 5) is 25.5. The van der Waals surface area contributed by atoms with E-state index in [2.05, 4.69) is 5.32 Å². The molecule has 0 bridgehead atoms. The average molecular weight is 345 g/mol. The van der Waals surface area contributed by atoms with Gasteiger partial charge in [-0.15, -0.1) is 11.3 Å². The van der Waals surface area contributed by atoms with Crippen LogP contribution in [0.4, 0.5) is 0 Å². The van der Waals surface area contributed by atoms with Gasteiger partial charge in [0.25, 0.3) is 5.91 Å². The van der Waals surface area contributed by atoms with Crippen LogP contribution in [0.25, 0.3) is 0 Å². The first-order valence-corrected chi connectivity index (χ1v) is 8.75. The number of carbonyl (C=O) groups is 2. The third kappa shape index (κ3) is 3.28. The summed E-state index contributed by atoms with van der Waals surface area (Å²) in [5, 5.41) is 14.0. The van der Waals surface area contributed by atoms with E-state index in [9.17, 15) is 14.7 Å². The van der Waals surface area contributed by atoms with Gasteiger partial charge in [0.2, 0.25) is 0 Å². The topological polar surface area (TPSA) is 75.6 Å². The van der Waals surface area contributed by atoms with Gasteiger partial charge in [0.05, 0.1) is 12.7 Å². The minimum absolute atomic E-state index is 0.322. The number of methoxy groups -OCH3 is 1. The smallest absolute Gasteiger partial charge is 0.330 e. The normalized spacial score (nSPS) is 14.5. The highest BCUT2D eigenvalue weighted by atomic mass is 32.1. The number of aliphatic carboxylic acids is 1. The molecule has 0 radical (unpaired) electrons. The number of hydrogen-bond acceptors (Lipinski definition) is 4. The predicted octanol–water partition coefficient (Wildman–Crippen LogP) is 3.19. The molecule has 2 aromatic rings. The number of fused-ring (bicyclic) bond motifs is 1. The number of amides is 1. The van der Waals surface area contributed by atoms with Gasteiger partial charge in [-0.1, -0.05) is 12.1 Å². The van der Waals surface area contributed by atoms with Crippen molar-refractivity contribution in [3.63, 3.8) is 0 Å². The minimum atomic E-state index is -1.09. The number of ether oxygens (including phenoxy) is 1. The Hall–Kier alpha value is -2.34. The Kier molecular flexibility index (Phi) is 4.85. The molecule has 1 atom stereocenters. The Balaban J connectivity index is 1.81. The molecule has 0 fully saturated rings. The Bertz CT molecular complexity index is 751. The lowest BCUT2D eigenvalue weighted by Crippen LogP contribution is -2.34. The molecule has 1 amide bonds. The highest BCUT2D eigenvalue weighted by molar-refractivity contribution is 7.10. The fourth-order valence-electron chi connectivity index (χ4n) is 2.98. The zero-order valence-electron chi connectivity index (χ0n) is 13.4. The number of carbonyl (C=O) groups excluding carboxylic acids is 1. The number of hydrogen-bond donors (Lipinski definition) is 2. The summed E-state index contributed by atoms with van der Waals surface area (Å²) < 4.78 is 5.08. The molecule has 0 aliphatic heterocycles. The molecular weight excluding hydrogens is 326 g/mol. The summed E-state index contributed by atoms with van der Waals surface area (Å²) in [6, 6.07) is 5.60. The predicted molar refractivity (Wildman–Crippen MR) is 91.8 cm³/mol. The molecule has 6 heteroatoms. The summed E-state index contributed by atoms with van der Waals surface area (Å²) >= 11 is 1.59. The number of carboxylic acid groups (broad SMARTS) is 1. The van der Waals surface area contributed by atoms with Crippen molar-refractivity contribution in [2.24, 2.45) is 0 Å². The van der Waals surface area contributed by atoms with Crippen molar-refractivity contribution in [2.75, 3.05) is 7.11 Å². The Morgan fingerprint density at radius 2 is 1.92 bits per heavy atom. The van der Waals surface area contributed by atoms with Gasteiger partial charge in [0, 0.05) is 10.3 Å². The van der Waals surface area contributed by atoms with Gasteiger partial charge in [-0.3, -0.25) is 4.79 Å². The van der Waals surface area contributed by atoms with Crippen LogP contribution in [0.15, 0.2) is 29.6 Å². The largest absolute Gasteiger partial charge is 0.497 e. The van der Waals surface area contributed by atoms with Gasteiger partial charge in [-0.2, -0.15) is 0 Å². The van der Waals surface area contributed by atoms with Crippen molar-refractivity contribution in [2.45, 2.75) is 31.7 Å². The Morgan fingerprint density at radius 3 is 2.58 bits per heavy atom. The second kappa shape index (κ2) is 7.05. The average Bonchev–Trinajstić information content (AvgIpc) is 3.03. The zero-order valence-corrected chi connectivity index (χ0v) is 14.2. The maximum atomic E-state index is 12.6. The summed E-state index contributed by atoms with van der Waals surface area (Å²) in [6.45, 7) is 0. The van der Waals surface area contributed by atoms with Crippen LogP contribution in [0, 0.1) is 0 Å². The summed E-state index contributed by atoms with van der Waals surface area (Å²) in [5.74, 6) is -0.767. The molecule has 1 aliphatic carbocycles. The summed E-state index contributed by atoms with van der Waals surface area (Å²) in [6.07, 6.45) is 4.12. The number of benzene rings is 1. The number of carboxylic acids is 1. The summed E-state index contributed by atoms with van der Waals surface area (Å²) in [7, 11) is 1.55. The SMILES string of the molecule is COc1ccc(C(NC(=O)c2csc3c2CCCC3)C(=O)O)cc1. The quantitative estimate of drug-likeness (QED) is 0.873. The third-order valence-electron chi connectivity index (χ3n) is 4.28. The van der Waals surface area contributed by atoms with Crippen LogP contribution in [0.1, 0.15) is 45.2 Å². The first-order valence-electron chi connectivity index (χ1n) is 7.87. The van der Waals surface area contributed by atoms with E-state index in [1.54, 1.807) is 42.7 Å². The van der Waals surface area contributed by atoms with Gasteiger partial charge in [-0.25, -0.2) is 4.79 Å². The van der Waals surface area contributed by atoms with Crippen molar-refractivity contribution >= 4 is 23.2 Å². The molecule has 5 nitrogen and oxygen atoms in total. The lowest BCUT2D eigenvalue weighted by Gasteiger charge is -2.17. The zero-order chi connectivity index (χ0) is 17.1. The number of thiophene rings is 1. The van der Waals surface area contributed by atoms with Gasteiger partial charge < -0.3 is 15.2 Å². The first kappa shape index (κ1) is 16.5. The van der Waals surface area contributed by atoms with Gasteiger partial charge in [0.15, 0.2) is 6.04 Å². The second-order valence-electron chi connectivity index (χ2n) is 5.78. The van der Waals surface area contributed by atoms with Crippen LogP contribution in [-0.2, 0) is 17.6 Å². The molecule has 1 aliphatic rings. The van der Waals surface area contributed by atoms with Crippen molar-refractivity contribution in [1.82, 2.24) is 5.32 Å². The van der Waals surface area contributed by atoms with Crippen molar-refractivity contribution in [3.8, 4) is 5.75 Å². The van der Waals surface area contributed by atoms with Crippen molar-refractivity contribution in [3.05, 3.63) is 51.2 Å². The molecule has 3 rings (SSSR count). The molecule has 1 heterocycles. The molecule has 1 aromatic carbocycles. The molecule has 0 saturated carbocycles. The van der Waals surface area contributed by atoms with Gasteiger partial charge in [0.1, 0.15) is 5.75 Å². The molecule has 24 heavy (non-hydrogen) atoms. The molecule has 0 saturated heterocycles. The van der Waals surface area contributed by atoms with E-state index >= 15 is 0 Å². The molecule has 1 aromatic heterocycles. The maximum Gasteiger partial charge on any atom is 0.330 e. The number of aryl methyl sites for hydroxylation is 1. The molecule has 2 N–H and O–H groups in total. The lowest BCUT2D eigenvalue weighted by atomic mass is 9.95. The third-order valence-corrected chi connectivity index (χ3v) is 5.37. The van der Waals surface area contributed by atoms with Gasteiger partial charge in [-0.05, 0) is 48.9 Å². The molecule has 0 spiro atoms. The van der Waals surface area contributed by atoms with Crippen molar-refractivity contribution in [1.29, 1.82) is 0 Å². The highest BCUT2D eigenvalue weighted by Gasteiger charge is 2.26. The molecule has 126 valence electrons. The second-order valence-corrected chi connectivity index (χ2v) is 6.74. The van der Waals surface area contributed by atoms with E-state index in [1.165, 1.54) is 4.88 Å². The number of rotatable bonds is 5.